The van der Waals surface area contributed by atoms with Crippen LogP contribution in [0.5, 0.6) is 0 Å². The summed E-state index contributed by atoms with van der Waals surface area (Å²) in [4.78, 5) is 15.1. The fraction of sp³-hybridized carbons (Fsp3) is 0.269. The highest BCUT2D eigenvalue weighted by Crippen LogP contribution is 2.35. The normalized spacial score (nSPS) is 15.0. The van der Waals surface area contributed by atoms with Crippen molar-refractivity contribution in [3.05, 3.63) is 95.0 Å². The van der Waals surface area contributed by atoms with Crippen LogP contribution in [0.25, 0.3) is 0 Å². The zero-order valence-corrected chi connectivity index (χ0v) is 18.6. The Kier molecular flexibility index (Phi) is 6.85. The van der Waals surface area contributed by atoms with Gasteiger partial charge >= 0.3 is 0 Å². The molecule has 3 aromatic carbocycles. The zero-order valence-electron chi connectivity index (χ0n) is 17.0. The molecule has 3 aromatic rings. The molecule has 0 radical (unpaired) electrons. The van der Waals surface area contributed by atoms with Crippen molar-refractivity contribution in [3.63, 3.8) is 0 Å². The highest BCUT2D eigenvalue weighted by Gasteiger charge is 2.27. The molecule has 1 fully saturated rings. The summed E-state index contributed by atoms with van der Waals surface area (Å²) in [5.41, 5.74) is 3.36. The van der Waals surface area contributed by atoms with Gasteiger partial charge in [-0.3, -0.25) is 4.79 Å². The topological polar surface area (TPSA) is 32.3 Å². The molecular weight excluding hydrogens is 436 g/mol. The molecule has 4 heteroatoms. The second kappa shape index (κ2) is 9.94. The number of halogens is 1. The molecule has 0 aliphatic heterocycles. The number of carbonyl (C=O) groups is 1. The number of nitrogens with zero attached hydrogens (tertiary/aromatic N) is 1. The number of anilines is 2. The Hall–Kier alpha value is -2.59. The van der Waals surface area contributed by atoms with Gasteiger partial charge in [-0.25, -0.2) is 0 Å². The lowest BCUT2D eigenvalue weighted by Gasteiger charge is -2.35. The van der Waals surface area contributed by atoms with Gasteiger partial charge in [0.1, 0.15) is 0 Å². The van der Waals surface area contributed by atoms with Crippen molar-refractivity contribution in [1.82, 2.24) is 5.32 Å². The van der Waals surface area contributed by atoms with Crippen LogP contribution in [-0.2, 0) is 4.79 Å². The van der Waals surface area contributed by atoms with E-state index in [1.165, 1.54) is 0 Å². The maximum absolute atomic E-state index is 12.8. The Labute approximate surface area is 187 Å². The van der Waals surface area contributed by atoms with E-state index in [1.807, 2.05) is 18.2 Å². The summed E-state index contributed by atoms with van der Waals surface area (Å²) in [6, 6.07) is 29.1. The van der Waals surface area contributed by atoms with E-state index in [4.69, 9.17) is 0 Å². The first-order valence-corrected chi connectivity index (χ1v) is 11.4. The molecule has 0 aromatic heterocycles. The summed E-state index contributed by atoms with van der Waals surface area (Å²) in [5.74, 6) is 0.351. The predicted molar refractivity (Wildman–Crippen MR) is 127 cm³/mol. The van der Waals surface area contributed by atoms with Gasteiger partial charge < -0.3 is 10.2 Å². The third-order valence-corrected chi connectivity index (χ3v) is 6.30. The molecule has 4 rings (SSSR count). The number of benzene rings is 3. The molecule has 1 atom stereocenters. The summed E-state index contributed by atoms with van der Waals surface area (Å²) in [6.45, 7) is 0.551. The molecule has 1 amide bonds. The molecule has 30 heavy (non-hydrogen) atoms. The van der Waals surface area contributed by atoms with Crippen LogP contribution >= 0.6 is 15.9 Å². The molecule has 1 aliphatic rings. The molecule has 154 valence electrons. The van der Waals surface area contributed by atoms with Crippen LogP contribution < -0.4 is 10.2 Å². The number of hydrogen-bond donors (Lipinski definition) is 1. The minimum absolute atomic E-state index is 0.0300. The molecule has 0 saturated heterocycles. The average Bonchev–Trinajstić information content (AvgIpc) is 3.33. The summed E-state index contributed by atoms with van der Waals surface area (Å²) >= 11 is 3.62. The van der Waals surface area contributed by atoms with Gasteiger partial charge in [0.15, 0.2) is 0 Å². The van der Waals surface area contributed by atoms with Crippen LogP contribution in [0.3, 0.4) is 0 Å². The van der Waals surface area contributed by atoms with Crippen LogP contribution in [0.15, 0.2) is 89.4 Å². The second-order valence-electron chi connectivity index (χ2n) is 7.84. The molecule has 1 saturated carbocycles. The minimum Gasteiger partial charge on any atom is -0.353 e. The minimum atomic E-state index is -0.0300. The third-order valence-electron chi connectivity index (χ3n) is 5.81. The van der Waals surface area contributed by atoms with Crippen molar-refractivity contribution in [1.29, 1.82) is 0 Å². The van der Waals surface area contributed by atoms with Crippen molar-refractivity contribution in [2.24, 2.45) is 5.92 Å². The SMILES string of the molecule is O=C(NCC(c1cccc(Br)c1)N(c1ccccc1)c1ccccc1)C1CCCC1. The molecule has 1 N–H and O–H groups in total. The third kappa shape index (κ3) is 4.93. The lowest BCUT2D eigenvalue weighted by molar-refractivity contribution is -0.124. The van der Waals surface area contributed by atoms with Crippen LogP contribution in [-0.4, -0.2) is 12.5 Å². The van der Waals surface area contributed by atoms with Gasteiger partial charge in [0.2, 0.25) is 5.91 Å². The number of nitrogens with one attached hydrogen (secondary N) is 1. The Morgan fingerprint density at radius 1 is 0.900 bits per heavy atom. The molecule has 0 bridgehead atoms. The fourth-order valence-corrected chi connectivity index (χ4v) is 4.70. The van der Waals surface area contributed by atoms with Gasteiger partial charge in [0, 0.05) is 28.3 Å². The van der Waals surface area contributed by atoms with Gasteiger partial charge in [-0.05, 0) is 54.8 Å². The second-order valence-corrected chi connectivity index (χ2v) is 8.75. The summed E-state index contributed by atoms with van der Waals surface area (Å²) in [5, 5.41) is 3.27. The highest BCUT2D eigenvalue weighted by atomic mass is 79.9. The lowest BCUT2D eigenvalue weighted by Crippen LogP contribution is -2.38. The largest absolute Gasteiger partial charge is 0.353 e. The quantitative estimate of drug-likeness (QED) is 0.426. The molecular formula is C26H27BrN2O. The molecule has 1 unspecified atom stereocenters. The van der Waals surface area contributed by atoms with Gasteiger partial charge in [-0.1, -0.05) is 77.3 Å². The van der Waals surface area contributed by atoms with E-state index in [2.05, 4.69) is 92.9 Å². The van der Waals surface area contributed by atoms with Crippen LogP contribution in [0, 0.1) is 5.92 Å². The molecule has 0 heterocycles. The van der Waals surface area contributed by atoms with E-state index in [9.17, 15) is 4.79 Å². The first kappa shape index (κ1) is 20.7. The maximum Gasteiger partial charge on any atom is 0.223 e. The Balaban J connectivity index is 1.70. The first-order valence-electron chi connectivity index (χ1n) is 10.6. The van der Waals surface area contributed by atoms with Crippen LogP contribution in [0.4, 0.5) is 11.4 Å². The standard InChI is InChI=1S/C26H27BrN2O/c27-22-13-9-12-21(18-22)25(19-28-26(30)20-10-7-8-11-20)29(23-14-3-1-4-15-23)24-16-5-2-6-17-24/h1-6,9,12-18,20,25H,7-8,10-11,19H2,(H,28,30). The summed E-state index contributed by atoms with van der Waals surface area (Å²) in [7, 11) is 0. The zero-order chi connectivity index (χ0) is 20.8. The van der Waals surface area contributed by atoms with Gasteiger partial charge in [-0.15, -0.1) is 0 Å². The number of hydrogen-bond acceptors (Lipinski definition) is 2. The van der Waals surface area contributed by atoms with Crippen molar-refractivity contribution in [2.75, 3.05) is 11.4 Å². The molecule has 1 aliphatic carbocycles. The van der Waals surface area contributed by atoms with E-state index in [-0.39, 0.29) is 17.9 Å². The van der Waals surface area contributed by atoms with E-state index in [0.717, 1.165) is 47.1 Å². The van der Waals surface area contributed by atoms with Crippen molar-refractivity contribution in [2.45, 2.75) is 31.7 Å². The monoisotopic (exact) mass is 462 g/mol. The molecule has 3 nitrogen and oxygen atoms in total. The maximum atomic E-state index is 12.8. The number of amides is 1. The molecule has 0 spiro atoms. The summed E-state index contributed by atoms with van der Waals surface area (Å²) in [6.07, 6.45) is 4.34. The first-order chi connectivity index (χ1) is 14.7. The number of carbonyl (C=O) groups excluding carboxylic acids is 1. The Bertz CT molecular complexity index is 916. The van der Waals surface area contributed by atoms with Gasteiger partial charge in [0.05, 0.1) is 6.04 Å². The van der Waals surface area contributed by atoms with E-state index < -0.39 is 0 Å². The van der Waals surface area contributed by atoms with E-state index >= 15 is 0 Å². The van der Waals surface area contributed by atoms with Crippen molar-refractivity contribution < 1.29 is 4.79 Å². The van der Waals surface area contributed by atoms with Crippen LogP contribution in [0.2, 0.25) is 0 Å². The highest BCUT2D eigenvalue weighted by molar-refractivity contribution is 9.10. The summed E-state index contributed by atoms with van der Waals surface area (Å²) < 4.78 is 1.04. The van der Waals surface area contributed by atoms with Crippen molar-refractivity contribution >= 4 is 33.2 Å². The Morgan fingerprint density at radius 2 is 1.50 bits per heavy atom. The number of rotatable bonds is 7. The van der Waals surface area contributed by atoms with E-state index in [0.29, 0.717) is 6.54 Å². The van der Waals surface area contributed by atoms with Crippen LogP contribution in [0.1, 0.15) is 37.3 Å². The van der Waals surface area contributed by atoms with Crippen molar-refractivity contribution in [3.8, 4) is 0 Å². The smallest absolute Gasteiger partial charge is 0.223 e. The van der Waals surface area contributed by atoms with Gasteiger partial charge in [0.25, 0.3) is 0 Å². The van der Waals surface area contributed by atoms with E-state index in [1.54, 1.807) is 0 Å². The number of para-hydroxylation sites is 2. The predicted octanol–water partition coefficient (Wildman–Crippen LogP) is 6.63. The van der Waals surface area contributed by atoms with Gasteiger partial charge in [-0.2, -0.15) is 0 Å². The fourth-order valence-electron chi connectivity index (χ4n) is 4.29. The average molecular weight is 463 g/mol. The lowest BCUT2D eigenvalue weighted by atomic mass is 10.0. The Morgan fingerprint density at radius 3 is 2.07 bits per heavy atom.